The second-order valence-electron chi connectivity index (χ2n) is 8.73. The molecule has 2 atom stereocenters. The second-order valence-corrected chi connectivity index (χ2v) is 10.4. The molecule has 1 saturated carbocycles. The SMILES string of the molecule is COc1ccc(CN2C(=O)[C@@H]3CCCC[C@H]3C2=O)cc1S(=O)(=O)Nc1cc(C)cc(C)c1. The molecule has 1 aliphatic heterocycles. The Labute approximate surface area is 188 Å². The van der Waals surface area contributed by atoms with Crippen LogP contribution in [0, 0.1) is 25.7 Å². The van der Waals surface area contributed by atoms with Gasteiger partial charge in [0.1, 0.15) is 10.6 Å². The number of hydrogen-bond donors (Lipinski definition) is 1. The van der Waals surface area contributed by atoms with Crippen molar-refractivity contribution in [1.82, 2.24) is 4.90 Å². The number of likely N-dealkylation sites (tertiary alicyclic amines) is 1. The Morgan fingerprint density at radius 2 is 1.56 bits per heavy atom. The number of sulfonamides is 1. The van der Waals surface area contributed by atoms with Gasteiger partial charge in [-0.2, -0.15) is 0 Å². The summed E-state index contributed by atoms with van der Waals surface area (Å²) in [5.74, 6) is -0.562. The lowest BCUT2D eigenvalue weighted by Crippen LogP contribution is -2.30. The Bertz CT molecular complexity index is 1130. The molecule has 1 heterocycles. The number of rotatable bonds is 6. The van der Waals surface area contributed by atoms with Crippen LogP contribution in [0.3, 0.4) is 0 Å². The number of hydrogen-bond acceptors (Lipinski definition) is 5. The van der Waals surface area contributed by atoms with Crippen LogP contribution in [0.25, 0.3) is 0 Å². The quantitative estimate of drug-likeness (QED) is 0.668. The van der Waals surface area contributed by atoms with Gasteiger partial charge in [0.2, 0.25) is 11.8 Å². The maximum Gasteiger partial charge on any atom is 0.265 e. The van der Waals surface area contributed by atoms with Gasteiger partial charge in [0.05, 0.1) is 25.5 Å². The molecule has 2 aliphatic rings. The molecule has 7 nitrogen and oxygen atoms in total. The Morgan fingerprint density at radius 1 is 0.969 bits per heavy atom. The molecule has 2 aromatic carbocycles. The lowest BCUT2D eigenvalue weighted by Gasteiger charge is -2.19. The third-order valence-corrected chi connectivity index (χ3v) is 7.67. The van der Waals surface area contributed by atoms with Gasteiger partial charge >= 0.3 is 0 Å². The van der Waals surface area contributed by atoms with Crippen molar-refractivity contribution >= 4 is 27.5 Å². The summed E-state index contributed by atoms with van der Waals surface area (Å²) in [5.41, 5.74) is 2.91. The predicted molar refractivity (Wildman–Crippen MR) is 121 cm³/mol. The topological polar surface area (TPSA) is 92.8 Å². The minimum Gasteiger partial charge on any atom is -0.495 e. The number of nitrogens with one attached hydrogen (secondary N) is 1. The molecule has 0 bridgehead atoms. The molecule has 1 aliphatic carbocycles. The summed E-state index contributed by atoms with van der Waals surface area (Å²) in [6.45, 7) is 3.85. The zero-order valence-corrected chi connectivity index (χ0v) is 19.4. The number of fused-ring (bicyclic) bond motifs is 1. The molecular formula is C24H28N2O5S. The van der Waals surface area contributed by atoms with E-state index in [9.17, 15) is 18.0 Å². The van der Waals surface area contributed by atoms with Crippen molar-refractivity contribution < 1.29 is 22.7 Å². The molecule has 170 valence electrons. The molecular weight excluding hydrogens is 428 g/mol. The van der Waals surface area contributed by atoms with Gasteiger partial charge in [-0.3, -0.25) is 19.2 Å². The maximum atomic E-state index is 13.2. The normalized spacial score (nSPS) is 20.9. The summed E-state index contributed by atoms with van der Waals surface area (Å²) in [6, 6.07) is 10.2. The van der Waals surface area contributed by atoms with E-state index in [0.717, 1.165) is 36.8 Å². The number of nitrogens with zero attached hydrogens (tertiary/aromatic N) is 1. The number of carbonyl (C=O) groups is 2. The van der Waals surface area contributed by atoms with E-state index >= 15 is 0 Å². The third kappa shape index (κ3) is 4.24. The van der Waals surface area contributed by atoms with E-state index in [2.05, 4.69) is 4.72 Å². The summed E-state index contributed by atoms with van der Waals surface area (Å²) >= 11 is 0. The summed E-state index contributed by atoms with van der Waals surface area (Å²) in [6.07, 6.45) is 3.41. The minimum atomic E-state index is -3.96. The fourth-order valence-electron chi connectivity index (χ4n) is 4.84. The lowest BCUT2D eigenvalue weighted by molar-refractivity contribution is -0.140. The minimum absolute atomic E-state index is 0.0341. The summed E-state index contributed by atoms with van der Waals surface area (Å²) < 4.78 is 34.3. The number of ether oxygens (including phenoxy) is 1. The van der Waals surface area contributed by atoms with Gasteiger partial charge in [-0.25, -0.2) is 8.42 Å². The van der Waals surface area contributed by atoms with Crippen LogP contribution in [0.15, 0.2) is 41.3 Å². The van der Waals surface area contributed by atoms with E-state index in [0.29, 0.717) is 11.3 Å². The molecule has 0 radical (unpaired) electrons. The van der Waals surface area contributed by atoms with Crippen LogP contribution in [0.1, 0.15) is 42.4 Å². The fourth-order valence-corrected chi connectivity index (χ4v) is 6.10. The Morgan fingerprint density at radius 3 is 2.12 bits per heavy atom. The Hall–Kier alpha value is -2.87. The van der Waals surface area contributed by atoms with Crippen molar-refractivity contribution in [2.45, 2.75) is 51.0 Å². The first-order chi connectivity index (χ1) is 15.2. The molecule has 2 fully saturated rings. The molecule has 32 heavy (non-hydrogen) atoms. The molecule has 8 heteroatoms. The van der Waals surface area contributed by atoms with Crippen molar-refractivity contribution in [2.24, 2.45) is 11.8 Å². The highest BCUT2D eigenvalue weighted by molar-refractivity contribution is 7.92. The highest BCUT2D eigenvalue weighted by atomic mass is 32.2. The predicted octanol–water partition coefficient (Wildman–Crippen LogP) is 3.79. The Balaban J connectivity index is 1.62. The molecule has 0 unspecified atom stereocenters. The first kappa shape index (κ1) is 22.3. The molecule has 1 saturated heterocycles. The second kappa shape index (κ2) is 8.58. The number of benzene rings is 2. The van der Waals surface area contributed by atoms with Crippen LogP contribution in [0.4, 0.5) is 5.69 Å². The monoisotopic (exact) mass is 456 g/mol. The van der Waals surface area contributed by atoms with Gasteiger partial charge in [0.25, 0.3) is 10.0 Å². The number of carbonyl (C=O) groups excluding carboxylic acids is 2. The number of imide groups is 1. The number of anilines is 1. The van der Waals surface area contributed by atoms with Crippen molar-refractivity contribution in [2.75, 3.05) is 11.8 Å². The largest absolute Gasteiger partial charge is 0.495 e. The van der Waals surface area contributed by atoms with E-state index in [4.69, 9.17) is 4.74 Å². The average molecular weight is 457 g/mol. The van der Waals surface area contributed by atoms with E-state index in [1.54, 1.807) is 24.3 Å². The third-order valence-electron chi connectivity index (χ3n) is 6.26. The van der Waals surface area contributed by atoms with Crippen molar-refractivity contribution in [3.63, 3.8) is 0 Å². The van der Waals surface area contributed by atoms with E-state index in [1.165, 1.54) is 18.1 Å². The number of aryl methyl sites for hydroxylation is 2. The zero-order chi connectivity index (χ0) is 23.0. The Kier molecular flexibility index (Phi) is 5.99. The lowest BCUT2D eigenvalue weighted by atomic mass is 9.81. The smallest absolute Gasteiger partial charge is 0.265 e. The van der Waals surface area contributed by atoms with Crippen LogP contribution < -0.4 is 9.46 Å². The first-order valence-electron chi connectivity index (χ1n) is 10.8. The van der Waals surface area contributed by atoms with Gasteiger partial charge in [-0.1, -0.05) is 25.0 Å². The van der Waals surface area contributed by atoms with Crippen LogP contribution in [-0.2, 0) is 26.2 Å². The number of amides is 2. The molecule has 2 amide bonds. The highest BCUT2D eigenvalue weighted by Gasteiger charge is 2.47. The molecule has 4 rings (SSSR count). The van der Waals surface area contributed by atoms with Crippen LogP contribution in [0.5, 0.6) is 5.75 Å². The summed E-state index contributed by atoms with van der Waals surface area (Å²) in [7, 11) is -2.55. The number of methoxy groups -OCH3 is 1. The van der Waals surface area contributed by atoms with E-state index in [1.807, 2.05) is 19.9 Å². The van der Waals surface area contributed by atoms with Gasteiger partial charge in [0, 0.05) is 5.69 Å². The summed E-state index contributed by atoms with van der Waals surface area (Å²) in [4.78, 5) is 26.9. The average Bonchev–Trinajstić information content (AvgIpc) is 2.98. The van der Waals surface area contributed by atoms with Crippen molar-refractivity contribution in [3.05, 3.63) is 53.1 Å². The first-order valence-corrected chi connectivity index (χ1v) is 12.3. The molecule has 1 N–H and O–H groups in total. The van der Waals surface area contributed by atoms with Crippen molar-refractivity contribution in [1.29, 1.82) is 0 Å². The van der Waals surface area contributed by atoms with Crippen LogP contribution in [-0.4, -0.2) is 32.2 Å². The standard InChI is InChI=1S/C24H28N2O5S/c1-15-10-16(2)12-18(11-15)25-32(29,30)22-13-17(8-9-21(22)31-3)14-26-23(27)19-6-4-5-7-20(19)24(26)28/h8-13,19-20,25H,4-7,14H2,1-3H3/t19-,20-/m1/s1. The van der Waals surface area contributed by atoms with Gasteiger partial charge in [0.15, 0.2) is 0 Å². The van der Waals surface area contributed by atoms with Gasteiger partial charge in [-0.15, -0.1) is 0 Å². The van der Waals surface area contributed by atoms with Crippen LogP contribution in [0.2, 0.25) is 0 Å². The highest BCUT2D eigenvalue weighted by Crippen LogP contribution is 2.39. The summed E-state index contributed by atoms with van der Waals surface area (Å²) in [5, 5.41) is 0. The van der Waals surface area contributed by atoms with Gasteiger partial charge < -0.3 is 4.74 Å². The molecule has 0 spiro atoms. The van der Waals surface area contributed by atoms with Crippen LogP contribution >= 0.6 is 0 Å². The fraction of sp³-hybridized carbons (Fsp3) is 0.417. The zero-order valence-electron chi connectivity index (χ0n) is 18.6. The maximum absolute atomic E-state index is 13.2. The molecule has 2 aromatic rings. The van der Waals surface area contributed by atoms with Gasteiger partial charge in [-0.05, 0) is 67.6 Å². The van der Waals surface area contributed by atoms with Crippen molar-refractivity contribution in [3.8, 4) is 5.75 Å². The van der Waals surface area contributed by atoms with E-state index in [-0.39, 0.29) is 40.8 Å². The molecule has 0 aromatic heterocycles. The van der Waals surface area contributed by atoms with E-state index < -0.39 is 10.0 Å².